The molecule has 0 aromatic carbocycles. The number of ether oxygens (including phenoxy) is 1. The molecule has 0 saturated carbocycles. The molecule has 1 heterocycles. The van der Waals surface area contributed by atoms with E-state index in [1.54, 1.807) is 18.7 Å². The van der Waals surface area contributed by atoms with Crippen LogP contribution in [0.1, 0.15) is 13.8 Å². The lowest BCUT2D eigenvalue weighted by molar-refractivity contribution is -0.127. The molecule has 0 saturated heterocycles. The molecule has 0 aromatic rings. The van der Waals surface area contributed by atoms with Crippen LogP contribution >= 0.6 is 0 Å². The van der Waals surface area contributed by atoms with Gasteiger partial charge in [-0.25, -0.2) is 0 Å². The molecule has 62 valence electrons. The van der Waals surface area contributed by atoms with Gasteiger partial charge in [0.1, 0.15) is 0 Å². The van der Waals surface area contributed by atoms with E-state index in [1.807, 2.05) is 14.1 Å². The molecular weight excluding hydrogens is 142 g/mol. The summed E-state index contributed by atoms with van der Waals surface area (Å²) in [6.07, 6.45) is 1.53. The Labute approximate surface area is 66.6 Å². The van der Waals surface area contributed by atoms with Crippen LogP contribution in [0.25, 0.3) is 0 Å². The van der Waals surface area contributed by atoms with Gasteiger partial charge >= 0.3 is 0 Å². The summed E-state index contributed by atoms with van der Waals surface area (Å²) >= 11 is 0. The molecule has 1 aliphatic rings. The number of nitrogens with zero attached hydrogens (tertiary/aromatic N) is 1. The highest BCUT2D eigenvalue weighted by atomic mass is 16.5. The SMILES string of the molecule is CN(C)C1=CC(=O)C(C)(C)O1. The second-order valence-corrected chi connectivity index (χ2v) is 3.35. The number of rotatable bonds is 1. The minimum absolute atomic E-state index is 0.0289. The van der Waals surface area contributed by atoms with Gasteiger partial charge < -0.3 is 9.64 Å². The molecule has 0 spiro atoms. The number of carbonyl (C=O) groups excluding carboxylic acids is 1. The zero-order valence-corrected chi connectivity index (χ0v) is 7.34. The summed E-state index contributed by atoms with van der Waals surface area (Å²) in [5.41, 5.74) is -0.667. The first-order chi connectivity index (χ1) is 4.93. The Kier molecular flexibility index (Phi) is 1.66. The van der Waals surface area contributed by atoms with Crippen molar-refractivity contribution in [1.82, 2.24) is 4.90 Å². The second-order valence-electron chi connectivity index (χ2n) is 3.35. The Hall–Kier alpha value is -0.990. The molecule has 0 aliphatic carbocycles. The molecule has 0 bridgehead atoms. The first kappa shape index (κ1) is 8.11. The molecule has 0 amide bonds. The van der Waals surface area contributed by atoms with E-state index in [1.165, 1.54) is 6.08 Å². The molecule has 3 heteroatoms. The Morgan fingerprint density at radius 2 is 2.00 bits per heavy atom. The number of hydrogen-bond donors (Lipinski definition) is 0. The summed E-state index contributed by atoms with van der Waals surface area (Å²) < 4.78 is 5.36. The van der Waals surface area contributed by atoms with E-state index < -0.39 is 5.60 Å². The van der Waals surface area contributed by atoms with E-state index in [-0.39, 0.29) is 5.78 Å². The minimum atomic E-state index is -0.667. The highest BCUT2D eigenvalue weighted by Gasteiger charge is 2.35. The van der Waals surface area contributed by atoms with E-state index in [0.29, 0.717) is 5.88 Å². The molecule has 0 fully saturated rings. The predicted octanol–water partition coefficient (Wildman–Crippen LogP) is 0.767. The van der Waals surface area contributed by atoms with Gasteiger partial charge in [0, 0.05) is 20.2 Å². The number of carbonyl (C=O) groups is 1. The third-order valence-corrected chi connectivity index (χ3v) is 1.65. The lowest BCUT2D eigenvalue weighted by Crippen LogP contribution is -2.29. The third kappa shape index (κ3) is 1.37. The highest BCUT2D eigenvalue weighted by Crippen LogP contribution is 2.24. The number of ketones is 1. The van der Waals surface area contributed by atoms with Crippen molar-refractivity contribution in [2.45, 2.75) is 19.4 Å². The van der Waals surface area contributed by atoms with Crippen molar-refractivity contribution in [3.63, 3.8) is 0 Å². The number of hydrogen-bond acceptors (Lipinski definition) is 3. The zero-order chi connectivity index (χ0) is 8.65. The van der Waals surface area contributed by atoms with Crippen molar-refractivity contribution in [2.24, 2.45) is 0 Å². The highest BCUT2D eigenvalue weighted by molar-refractivity contribution is 5.98. The Morgan fingerprint density at radius 3 is 2.18 bits per heavy atom. The van der Waals surface area contributed by atoms with E-state index in [0.717, 1.165) is 0 Å². The Bertz CT molecular complexity index is 216. The smallest absolute Gasteiger partial charge is 0.203 e. The van der Waals surface area contributed by atoms with Crippen LogP contribution in [0.3, 0.4) is 0 Å². The van der Waals surface area contributed by atoms with Gasteiger partial charge in [-0.2, -0.15) is 0 Å². The van der Waals surface area contributed by atoms with Gasteiger partial charge in [0.2, 0.25) is 5.78 Å². The van der Waals surface area contributed by atoms with Gasteiger partial charge in [-0.3, -0.25) is 4.79 Å². The van der Waals surface area contributed by atoms with Crippen LogP contribution in [0.4, 0.5) is 0 Å². The first-order valence-corrected chi connectivity index (χ1v) is 3.56. The van der Waals surface area contributed by atoms with Gasteiger partial charge in [0.25, 0.3) is 0 Å². The fraction of sp³-hybridized carbons (Fsp3) is 0.625. The second kappa shape index (κ2) is 2.26. The lowest BCUT2D eigenvalue weighted by Gasteiger charge is -2.21. The van der Waals surface area contributed by atoms with E-state index >= 15 is 0 Å². The van der Waals surface area contributed by atoms with Crippen molar-refractivity contribution >= 4 is 5.78 Å². The van der Waals surface area contributed by atoms with E-state index in [9.17, 15) is 4.79 Å². The van der Waals surface area contributed by atoms with Crippen LogP contribution < -0.4 is 0 Å². The van der Waals surface area contributed by atoms with Crippen LogP contribution in [-0.2, 0) is 9.53 Å². The molecular formula is C8H13NO2. The lowest BCUT2D eigenvalue weighted by atomic mass is 10.1. The molecule has 11 heavy (non-hydrogen) atoms. The van der Waals surface area contributed by atoms with Crippen LogP contribution in [-0.4, -0.2) is 30.4 Å². The predicted molar refractivity (Wildman–Crippen MR) is 41.9 cm³/mol. The molecule has 0 atom stereocenters. The van der Waals surface area contributed by atoms with Gasteiger partial charge in [0.05, 0.1) is 0 Å². The van der Waals surface area contributed by atoms with Crippen LogP contribution in [0.5, 0.6) is 0 Å². The summed E-state index contributed by atoms with van der Waals surface area (Å²) in [6.45, 7) is 3.53. The zero-order valence-electron chi connectivity index (χ0n) is 7.34. The molecule has 0 unspecified atom stereocenters. The van der Waals surface area contributed by atoms with Gasteiger partial charge in [-0.05, 0) is 13.8 Å². The maximum Gasteiger partial charge on any atom is 0.203 e. The van der Waals surface area contributed by atoms with Gasteiger partial charge in [0.15, 0.2) is 11.5 Å². The summed E-state index contributed by atoms with van der Waals surface area (Å²) in [5.74, 6) is 0.668. The minimum Gasteiger partial charge on any atom is -0.465 e. The topological polar surface area (TPSA) is 29.5 Å². The summed E-state index contributed by atoms with van der Waals surface area (Å²) in [7, 11) is 3.70. The molecule has 0 N–H and O–H groups in total. The monoisotopic (exact) mass is 155 g/mol. The van der Waals surface area contributed by atoms with Gasteiger partial charge in [-0.1, -0.05) is 0 Å². The maximum absolute atomic E-state index is 11.2. The van der Waals surface area contributed by atoms with Crippen LogP contribution in [0.2, 0.25) is 0 Å². The standard InChI is InChI=1S/C8H13NO2/c1-8(2)6(10)5-7(11-8)9(3)4/h5H,1-4H3. The van der Waals surface area contributed by atoms with Gasteiger partial charge in [-0.15, -0.1) is 0 Å². The Morgan fingerprint density at radius 1 is 1.45 bits per heavy atom. The summed E-state index contributed by atoms with van der Waals surface area (Å²) in [4.78, 5) is 13.0. The molecule has 1 rings (SSSR count). The fourth-order valence-electron chi connectivity index (χ4n) is 0.848. The van der Waals surface area contributed by atoms with Crippen molar-refractivity contribution < 1.29 is 9.53 Å². The fourth-order valence-corrected chi connectivity index (χ4v) is 0.848. The molecule has 1 aliphatic heterocycles. The van der Waals surface area contributed by atoms with Crippen molar-refractivity contribution in [3.05, 3.63) is 12.0 Å². The average Bonchev–Trinajstić information content (AvgIpc) is 2.08. The van der Waals surface area contributed by atoms with Crippen LogP contribution in [0.15, 0.2) is 12.0 Å². The van der Waals surface area contributed by atoms with Crippen molar-refractivity contribution in [2.75, 3.05) is 14.1 Å². The van der Waals surface area contributed by atoms with Crippen molar-refractivity contribution in [3.8, 4) is 0 Å². The quantitative estimate of drug-likeness (QED) is 0.560. The molecule has 3 nitrogen and oxygen atoms in total. The summed E-state index contributed by atoms with van der Waals surface area (Å²) in [5, 5.41) is 0. The average molecular weight is 155 g/mol. The normalized spacial score (nSPS) is 21.1. The molecule has 0 aromatic heterocycles. The summed E-state index contributed by atoms with van der Waals surface area (Å²) in [6, 6.07) is 0. The largest absolute Gasteiger partial charge is 0.465 e. The van der Waals surface area contributed by atoms with Crippen LogP contribution in [0, 0.1) is 0 Å². The Balaban J connectivity index is 2.80. The first-order valence-electron chi connectivity index (χ1n) is 3.56. The third-order valence-electron chi connectivity index (χ3n) is 1.65. The van der Waals surface area contributed by atoms with E-state index in [2.05, 4.69) is 0 Å². The van der Waals surface area contributed by atoms with E-state index in [4.69, 9.17) is 4.74 Å². The molecule has 0 radical (unpaired) electrons. The van der Waals surface area contributed by atoms with Crippen molar-refractivity contribution in [1.29, 1.82) is 0 Å². The maximum atomic E-state index is 11.2.